The first-order valence-electron chi connectivity index (χ1n) is 14.0. The van der Waals surface area contributed by atoms with Gasteiger partial charge in [0.2, 0.25) is 0 Å². The van der Waals surface area contributed by atoms with E-state index in [0.717, 1.165) is 57.8 Å². The number of likely N-dealkylation sites (N-methyl/N-ethyl adjacent to an activating group) is 1. The first-order valence-corrected chi connectivity index (χ1v) is 17.7. The molecule has 0 aliphatic carbocycles. The summed E-state index contributed by atoms with van der Waals surface area (Å²) in [4.78, 5) is 6.30. The molecular formula is C27H34Cl2F6N4O4S2. The van der Waals surface area contributed by atoms with Gasteiger partial charge in [0.1, 0.15) is 0 Å². The van der Waals surface area contributed by atoms with Gasteiger partial charge in [0.25, 0.3) is 19.7 Å². The van der Waals surface area contributed by atoms with Gasteiger partial charge in [-0.25, -0.2) is 16.8 Å². The fraction of sp³-hybridized carbons (Fsp3) is 0.556. The summed E-state index contributed by atoms with van der Waals surface area (Å²) >= 11 is 12.0. The fourth-order valence-electron chi connectivity index (χ4n) is 4.98. The molecule has 2 saturated heterocycles. The van der Waals surface area contributed by atoms with Gasteiger partial charge in [0, 0.05) is 52.4 Å². The second-order valence-electron chi connectivity index (χ2n) is 10.3. The molecule has 2 aromatic rings. The fourth-order valence-corrected chi connectivity index (χ4v) is 7.78. The maximum Gasteiger partial charge on any atom is 0.501 e. The van der Waals surface area contributed by atoms with Crippen LogP contribution in [0.5, 0.6) is 0 Å². The molecule has 0 N–H and O–H groups in total. The molecule has 2 aliphatic heterocycles. The van der Waals surface area contributed by atoms with Gasteiger partial charge < -0.3 is 14.7 Å². The van der Waals surface area contributed by atoms with Gasteiger partial charge in [-0.05, 0) is 43.8 Å². The third-order valence-corrected chi connectivity index (χ3v) is 11.6. The second kappa shape index (κ2) is 14.8. The molecule has 2 aliphatic rings. The van der Waals surface area contributed by atoms with E-state index in [4.69, 9.17) is 23.2 Å². The lowest BCUT2D eigenvalue weighted by molar-refractivity contribution is -0.0442. The number of halogens is 8. The molecule has 2 aromatic carbocycles. The number of sulfone groups is 2. The molecule has 8 nitrogen and oxygen atoms in total. The zero-order chi connectivity index (χ0) is 33.8. The zero-order valence-corrected chi connectivity index (χ0v) is 27.6. The largest absolute Gasteiger partial charge is 0.501 e. The molecular weight excluding hydrogens is 693 g/mol. The first kappa shape index (κ1) is 37.5. The molecule has 2 fully saturated rings. The number of rotatable bonds is 7. The summed E-state index contributed by atoms with van der Waals surface area (Å²) in [6.07, 6.45) is 1.03. The van der Waals surface area contributed by atoms with Crippen molar-refractivity contribution in [2.24, 2.45) is 0 Å². The van der Waals surface area contributed by atoms with E-state index in [1.54, 1.807) is 12.1 Å². The number of benzene rings is 2. The van der Waals surface area contributed by atoms with Gasteiger partial charge in [-0.1, -0.05) is 49.2 Å². The van der Waals surface area contributed by atoms with E-state index < -0.39 is 40.5 Å². The minimum Gasteiger partial charge on any atom is -0.368 e. The van der Waals surface area contributed by atoms with Crippen LogP contribution < -0.4 is 9.80 Å². The Hall–Kier alpha value is -1.98. The van der Waals surface area contributed by atoms with E-state index >= 15 is 0 Å². The molecule has 45 heavy (non-hydrogen) atoms. The van der Waals surface area contributed by atoms with E-state index in [-0.39, 0.29) is 10.0 Å². The Kier molecular flexibility index (Phi) is 12.4. The van der Waals surface area contributed by atoms with E-state index in [1.807, 2.05) is 16.7 Å². The lowest BCUT2D eigenvalue weighted by atomic mass is 10.2. The van der Waals surface area contributed by atoms with Gasteiger partial charge >= 0.3 is 11.0 Å². The average Bonchev–Trinajstić information content (AvgIpc) is 2.97. The zero-order valence-electron chi connectivity index (χ0n) is 24.5. The van der Waals surface area contributed by atoms with Gasteiger partial charge in [0.05, 0.1) is 31.2 Å². The van der Waals surface area contributed by atoms with Crippen LogP contribution in [-0.2, 0) is 19.7 Å². The van der Waals surface area contributed by atoms with Crippen LogP contribution >= 0.6 is 23.2 Å². The summed E-state index contributed by atoms with van der Waals surface area (Å²) in [6, 6.07) is 7.44. The monoisotopic (exact) mass is 726 g/mol. The summed E-state index contributed by atoms with van der Waals surface area (Å²) in [5, 5.41) is -0.737. The highest BCUT2D eigenvalue weighted by atomic mass is 35.5. The van der Waals surface area contributed by atoms with Crippen LogP contribution in [0, 0.1) is 0 Å². The minimum atomic E-state index is -5.46. The van der Waals surface area contributed by atoms with Crippen LogP contribution in [0.25, 0.3) is 0 Å². The number of piperazine rings is 2. The Morgan fingerprint density at radius 3 is 1.29 bits per heavy atom. The van der Waals surface area contributed by atoms with E-state index in [2.05, 4.69) is 16.7 Å². The van der Waals surface area contributed by atoms with E-state index in [0.29, 0.717) is 37.6 Å². The topological polar surface area (TPSA) is 81.2 Å². The second-order valence-corrected chi connectivity index (χ2v) is 14.9. The van der Waals surface area contributed by atoms with Crippen LogP contribution in [-0.4, -0.2) is 103 Å². The number of alkyl halides is 6. The standard InChI is InChI=1S/C14H18ClF3N2O2S.C13H16ClF3N2O2S/c1-2-6-19-7-9-20(10-8-19)11-4-3-5-12(13(11)15)23(21,22)14(16,17)18;1-2-18-6-8-19(9-7-18)10-4-3-5-11(12(10)14)22(20,21)13(15,16)17/h3-5H,2,6-10H2,1H3;3-5H,2,6-9H2,1H3. The molecule has 0 aromatic heterocycles. The van der Waals surface area contributed by atoms with Gasteiger partial charge in [-0.2, -0.15) is 26.3 Å². The highest BCUT2D eigenvalue weighted by Crippen LogP contribution is 2.40. The Morgan fingerprint density at radius 1 is 0.622 bits per heavy atom. The molecule has 0 unspecified atom stereocenters. The number of hydrogen-bond donors (Lipinski definition) is 0. The highest BCUT2D eigenvalue weighted by Gasteiger charge is 2.49. The van der Waals surface area contributed by atoms with Crippen molar-refractivity contribution >= 4 is 54.3 Å². The molecule has 0 radical (unpaired) electrons. The lowest BCUT2D eigenvalue weighted by Crippen LogP contribution is -2.46. The summed E-state index contributed by atoms with van der Waals surface area (Å²) in [7, 11) is -10.9. The minimum absolute atomic E-state index is 0.322. The smallest absolute Gasteiger partial charge is 0.368 e. The molecule has 2 heterocycles. The van der Waals surface area contributed by atoms with Gasteiger partial charge in [0.15, 0.2) is 0 Å². The van der Waals surface area contributed by atoms with Crippen molar-refractivity contribution in [3.05, 3.63) is 46.4 Å². The number of nitrogens with zero attached hydrogens (tertiary/aromatic N) is 4. The Bertz CT molecular complexity index is 1530. The SMILES string of the molecule is CCCN1CCN(c2cccc(S(=O)(=O)C(F)(F)F)c2Cl)CC1.CCN1CCN(c2cccc(S(=O)(=O)C(F)(F)F)c2Cl)CC1. The Balaban J connectivity index is 0.000000246. The maximum absolute atomic E-state index is 12.7. The molecule has 0 bridgehead atoms. The van der Waals surface area contributed by atoms with Crippen molar-refractivity contribution in [3.8, 4) is 0 Å². The average molecular weight is 728 g/mol. The third kappa shape index (κ3) is 8.49. The Labute approximate surface area is 269 Å². The van der Waals surface area contributed by atoms with Crippen molar-refractivity contribution in [3.63, 3.8) is 0 Å². The van der Waals surface area contributed by atoms with E-state index in [9.17, 15) is 43.2 Å². The first-order chi connectivity index (χ1) is 20.9. The summed E-state index contributed by atoms with van der Waals surface area (Å²) < 4.78 is 123. The van der Waals surface area contributed by atoms with Gasteiger partial charge in [-0.3, -0.25) is 4.90 Å². The summed E-state index contributed by atoms with van der Waals surface area (Å²) in [6.45, 7) is 11.4. The number of anilines is 2. The summed E-state index contributed by atoms with van der Waals surface area (Å²) in [5.74, 6) is 0. The lowest BCUT2D eigenvalue weighted by Gasteiger charge is -2.36. The van der Waals surface area contributed by atoms with Gasteiger partial charge in [-0.15, -0.1) is 0 Å². The number of hydrogen-bond acceptors (Lipinski definition) is 8. The Morgan fingerprint density at radius 2 is 0.978 bits per heavy atom. The van der Waals surface area contributed by atoms with Crippen molar-refractivity contribution in [2.75, 3.05) is 75.2 Å². The van der Waals surface area contributed by atoms with Crippen LogP contribution in [0.15, 0.2) is 46.2 Å². The molecule has 0 spiro atoms. The van der Waals surface area contributed by atoms with Crippen LogP contribution in [0.2, 0.25) is 10.0 Å². The molecule has 254 valence electrons. The normalized spacial score (nSPS) is 17.6. The predicted octanol–water partition coefficient (Wildman–Crippen LogP) is 5.94. The highest BCUT2D eigenvalue weighted by molar-refractivity contribution is 7.92. The van der Waals surface area contributed by atoms with Crippen LogP contribution in [0.1, 0.15) is 20.3 Å². The maximum atomic E-state index is 12.7. The predicted molar refractivity (Wildman–Crippen MR) is 163 cm³/mol. The van der Waals surface area contributed by atoms with Crippen LogP contribution in [0.4, 0.5) is 37.7 Å². The quantitative estimate of drug-likeness (QED) is 0.325. The molecule has 18 heteroatoms. The third-order valence-electron chi connectivity index (χ3n) is 7.49. The van der Waals surface area contributed by atoms with Crippen molar-refractivity contribution in [2.45, 2.75) is 41.1 Å². The molecule has 0 atom stereocenters. The molecule has 4 rings (SSSR count). The molecule has 0 saturated carbocycles. The van der Waals surface area contributed by atoms with Crippen molar-refractivity contribution in [1.82, 2.24) is 9.80 Å². The van der Waals surface area contributed by atoms with E-state index in [1.165, 1.54) is 12.1 Å². The van der Waals surface area contributed by atoms with Crippen molar-refractivity contribution < 1.29 is 43.2 Å². The van der Waals surface area contributed by atoms with Crippen LogP contribution in [0.3, 0.4) is 0 Å². The molecule has 0 amide bonds. The van der Waals surface area contributed by atoms with Crippen molar-refractivity contribution in [1.29, 1.82) is 0 Å². The summed E-state index contributed by atoms with van der Waals surface area (Å²) in [5.41, 5.74) is -10.1.